The molecule has 0 spiro atoms. The summed E-state index contributed by atoms with van der Waals surface area (Å²) in [5.74, 6) is 0.0584. The smallest absolute Gasteiger partial charge is 0.234 e. The summed E-state index contributed by atoms with van der Waals surface area (Å²) in [4.78, 5) is 13.4. The summed E-state index contributed by atoms with van der Waals surface area (Å²) in [6.07, 6.45) is 0.944. The van der Waals surface area contributed by atoms with Crippen molar-refractivity contribution in [2.45, 2.75) is 32.7 Å². The van der Waals surface area contributed by atoms with Crippen molar-refractivity contribution in [3.8, 4) is 0 Å². The molecule has 0 radical (unpaired) electrons. The third-order valence-corrected chi connectivity index (χ3v) is 2.88. The third-order valence-electron chi connectivity index (χ3n) is 2.88. The Kier molecular flexibility index (Phi) is 5.72. The highest BCUT2D eigenvalue weighted by Gasteiger charge is 2.26. The standard InChI is InChI=1S/C10H23N3O/c1-5-10(3,8-11)13(4)7-9(14)12-6-2/h5-8,11H2,1-4H3,(H,12,14). The Bertz CT molecular complexity index is 178. The van der Waals surface area contributed by atoms with Crippen molar-refractivity contribution >= 4 is 5.91 Å². The molecule has 84 valence electrons. The minimum Gasteiger partial charge on any atom is -0.355 e. The Morgan fingerprint density at radius 3 is 2.43 bits per heavy atom. The molecule has 0 fully saturated rings. The van der Waals surface area contributed by atoms with Gasteiger partial charge in [0.25, 0.3) is 0 Å². The molecule has 4 nitrogen and oxygen atoms in total. The van der Waals surface area contributed by atoms with Gasteiger partial charge in [0.2, 0.25) is 5.91 Å². The van der Waals surface area contributed by atoms with Crippen LogP contribution in [0.3, 0.4) is 0 Å². The molecular weight excluding hydrogens is 178 g/mol. The van der Waals surface area contributed by atoms with E-state index in [1.165, 1.54) is 0 Å². The van der Waals surface area contributed by atoms with Crippen LogP contribution < -0.4 is 11.1 Å². The normalized spacial score (nSPS) is 15.3. The van der Waals surface area contributed by atoms with Crippen molar-refractivity contribution in [3.63, 3.8) is 0 Å². The predicted octanol–water partition coefficient (Wildman–Crippen LogP) is 0.182. The van der Waals surface area contributed by atoms with Crippen molar-refractivity contribution in [2.75, 3.05) is 26.7 Å². The highest BCUT2D eigenvalue weighted by Crippen LogP contribution is 2.15. The topological polar surface area (TPSA) is 58.4 Å². The maximum absolute atomic E-state index is 11.3. The van der Waals surface area contributed by atoms with Gasteiger partial charge in [-0.2, -0.15) is 0 Å². The molecule has 1 amide bonds. The molecule has 1 atom stereocenters. The van der Waals surface area contributed by atoms with Crippen LogP contribution in [-0.2, 0) is 4.79 Å². The fraction of sp³-hybridized carbons (Fsp3) is 0.900. The fourth-order valence-corrected chi connectivity index (χ4v) is 1.23. The number of nitrogens with one attached hydrogen (secondary N) is 1. The first-order chi connectivity index (χ1) is 6.50. The molecule has 0 saturated heterocycles. The molecule has 3 N–H and O–H groups in total. The van der Waals surface area contributed by atoms with Crippen molar-refractivity contribution < 1.29 is 4.79 Å². The second-order valence-corrected chi connectivity index (χ2v) is 3.86. The summed E-state index contributed by atoms with van der Waals surface area (Å²) >= 11 is 0. The molecule has 0 aliphatic rings. The van der Waals surface area contributed by atoms with Gasteiger partial charge in [-0.05, 0) is 27.3 Å². The average Bonchev–Trinajstić information content (AvgIpc) is 2.16. The second kappa shape index (κ2) is 5.98. The van der Waals surface area contributed by atoms with Gasteiger partial charge >= 0.3 is 0 Å². The summed E-state index contributed by atoms with van der Waals surface area (Å²) in [6, 6.07) is 0. The second-order valence-electron chi connectivity index (χ2n) is 3.86. The average molecular weight is 201 g/mol. The summed E-state index contributed by atoms with van der Waals surface area (Å²) in [5.41, 5.74) is 5.62. The predicted molar refractivity (Wildman–Crippen MR) is 59.1 cm³/mol. The lowest BCUT2D eigenvalue weighted by molar-refractivity contribution is -0.123. The number of nitrogens with zero attached hydrogens (tertiary/aromatic N) is 1. The molecule has 4 heteroatoms. The zero-order valence-electron chi connectivity index (χ0n) is 9.76. The van der Waals surface area contributed by atoms with E-state index < -0.39 is 0 Å². The summed E-state index contributed by atoms with van der Waals surface area (Å²) in [5, 5.41) is 2.78. The molecule has 0 bridgehead atoms. The third kappa shape index (κ3) is 3.64. The first-order valence-corrected chi connectivity index (χ1v) is 5.18. The van der Waals surface area contributed by atoms with Crippen LogP contribution in [-0.4, -0.2) is 43.0 Å². The van der Waals surface area contributed by atoms with Gasteiger partial charge in [-0.1, -0.05) is 6.92 Å². The molecule has 1 unspecified atom stereocenters. The van der Waals surface area contributed by atoms with Gasteiger partial charge in [-0.25, -0.2) is 0 Å². The van der Waals surface area contributed by atoms with Gasteiger partial charge in [0.05, 0.1) is 6.54 Å². The Labute approximate surface area is 86.8 Å². The zero-order chi connectivity index (χ0) is 11.2. The molecule has 0 aromatic carbocycles. The quantitative estimate of drug-likeness (QED) is 0.644. The molecule has 0 aliphatic heterocycles. The Hall–Kier alpha value is -0.610. The maximum Gasteiger partial charge on any atom is 0.234 e. The van der Waals surface area contributed by atoms with Gasteiger partial charge in [0.1, 0.15) is 0 Å². The monoisotopic (exact) mass is 201 g/mol. The number of carbonyl (C=O) groups is 1. The molecule has 0 heterocycles. The number of rotatable bonds is 6. The molecule has 0 aliphatic carbocycles. The van der Waals surface area contributed by atoms with E-state index in [2.05, 4.69) is 19.2 Å². The van der Waals surface area contributed by atoms with Crippen LogP contribution in [0, 0.1) is 0 Å². The minimum absolute atomic E-state index is 0.0584. The van der Waals surface area contributed by atoms with Gasteiger partial charge in [-0.3, -0.25) is 9.69 Å². The van der Waals surface area contributed by atoms with Crippen LogP contribution in [0.1, 0.15) is 27.2 Å². The number of carbonyl (C=O) groups excluding carboxylic acids is 1. The van der Waals surface area contributed by atoms with Gasteiger partial charge in [-0.15, -0.1) is 0 Å². The van der Waals surface area contributed by atoms with E-state index in [0.29, 0.717) is 19.6 Å². The molecule has 14 heavy (non-hydrogen) atoms. The number of likely N-dealkylation sites (N-methyl/N-ethyl adjacent to an activating group) is 2. The van der Waals surface area contributed by atoms with E-state index in [-0.39, 0.29) is 11.4 Å². The van der Waals surface area contributed by atoms with E-state index in [4.69, 9.17) is 5.73 Å². The first kappa shape index (κ1) is 13.4. The van der Waals surface area contributed by atoms with Crippen LogP contribution in [0.15, 0.2) is 0 Å². The Balaban J connectivity index is 4.17. The zero-order valence-corrected chi connectivity index (χ0v) is 9.76. The van der Waals surface area contributed by atoms with Crippen LogP contribution in [0.2, 0.25) is 0 Å². The van der Waals surface area contributed by atoms with E-state index >= 15 is 0 Å². The van der Waals surface area contributed by atoms with Crippen LogP contribution in [0.25, 0.3) is 0 Å². The lowest BCUT2D eigenvalue weighted by Crippen LogP contribution is -2.52. The molecule has 0 saturated carbocycles. The van der Waals surface area contributed by atoms with Gasteiger partial charge in [0, 0.05) is 18.6 Å². The number of hydrogen-bond acceptors (Lipinski definition) is 3. The van der Waals surface area contributed by atoms with E-state index in [1.54, 1.807) is 0 Å². The Morgan fingerprint density at radius 2 is 2.07 bits per heavy atom. The number of hydrogen-bond donors (Lipinski definition) is 2. The van der Waals surface area contributed by atoms with Crippen LogP contribution in [0.5, 0.6) is 0 Å². The lowest BCUT2D eigenvalue weighted by atomic mass is 9.97. The van der Waals surface area contributed by atoms with E-state index in [0.717, 1.165) is 6.42 Å². The molecule has 0 rings (SSSR count). The molecular formula is C10H23N3O. The lowest BCUT2D eigenvalue weighted by Gasteiger charge is -2.36. The van der Waals surface area contributed by atoms with Crippen LogP contribution >= 0.6 is 0 Å². The summed E-state index contributed by atoms with van der Waals surface area (Å²) in [6.45, 7) is 7.74. The van der Waals surface area contributed by atoms with Crippen molar-refractivity contribution in [3.05, 3.63) is 0 Å². The molecule has 0 aromatic heterocycles. The van der Waals surface area contributed by atoms with E-state index in [9.17, 15) is 4.79 Å². The van der Waals surface area contributed by atoms with Crippen molar-refractivity contribution in [1.29, 1.82) is 0 Å². The van der Waals surface area contributed by atoms with Gasteiger partial charge < -0.3 is 11.1 Å². The van der Waals surface area contributed by atoms with Crippen molar-refractivity contribution in [2.24, 2.45) is 5.73 Å². The molecule has 0 aromatic rings. The highest BCUT2D eigenvalue weighted by atomic mass is 16.2. The SMILES string of the molecule is CCNC(=O)CN(C)C(C)(CC)CN. The van der Waals surface area contributed by atoms with Crippen molar-refractivity contribution in [1.82, 2.24) is 10.2 Å². The Morgan fingerprint density at radius 1 is 1.50 bits per heavy atom. The van der Waals surface area contributed by atoms with Crippen LogP contribution in [0.4, 0.5) is 0 Å². The number of amides is 1. The summed E-state index contributed by atoms with van der Waals surface area (Å²) in [7, 11) is 1.94. The highest BCUT2D eigenvalue weighted by molar-refractivity contribution is 5.78. The number of nitrogens with two attached hydrogens (primary N) is 1. The minimum atomic E-state index is -0.0783. The maximum atomic E-state index is 11.3. The van der Waals surface area contributed by atoms with E-state index in [1.807, 2.05) is 18.9 Å². The largest absolute Gasteiger partial charge is 0.355 e. The summed E-state index contributed by atoms with van der Waals surface area (Å²) < 4.78 is 0. The van der Waals surface area contributed by atoms with Gasteiger partial charge in [0.15, 0.2) is 0 Å². The first-order valence-electron chi connectivity index (χ1n) is 5.18. The fourth-order valence-electron chi connectivity index (χ4n) is 1.23.